The summed E-state index contributed by atoms with van der Waals surface area (Å²) >= 11 is 0. The van der Waals surface area contributed by atoms with Gasteiger partial charge >= 0.3 is 0 Å². The molecule has 0 spiro atoms. The lowest BCUT2D eigenvalue weighted by Crippen LogP contribution is -2.22. The Bertz CT molecular complexity index is 727. The largest absolute Gasteiger partial charge is 0.454 e. The number of rotatable bonds is 4. The van der Waals surface area contributed by atoms with Crippen molar-refractivity contribution in [2.75, 3.05) is 13.0 Å². The topological polar surface area (TPSA) is 64.6 Å². The van der Waals surface area contributed by atoms with Gasteiger partial charge in [0.2, 0.25) is 6.79 Å². The molecule has 22 heavy (non-hydrogen) atoms. The van der Waals surface area contributed by atoms with Crippen LogP contribution in [0.4, 0.5) is 0 Å². The van der Waals surface area contributed by atoms with Gasteiger partial charge in [-0.15, -0.1) is 0 Å². The van der Waals surface area contributed by atoms with E-state index in [1.165, 1.54) is 0 Å². The maximum Gasteiger partial charge on any atom is 0.251 e. The normalized spacial score (nSPS) is 13.7. The summed E-state index contributed by atoms with van der Waals surface area (Å²) in [5.41, 5.74) is 1.47. The number of benzene rings is 2. The highest BCUT2D eigenvalue weighted by molar-refractivity contribution is 7.84. The first-order valence-corrected chi connectivity index (χ1v) is 8.29. The molecule has 1 amide bonds. The zero-order chi connectivity index (χ0) is 15.5. The van der Waals surface area contributed by atoms with Crippen molar-refractivity contribution in [1.82, 2.24) is 5.32 Å². The number of hydrogen-bond acceptors (Lipinski definition) is 4. The quantitative estimate of drug-likeness (QED) is 0.938. The van der Waals surface area contributed by atoms with Crippen LogP contribution in [-0.2, 0) is 17.3 Å². The third kappa shape index (κ3) is 3.12. The maximum atomic E-state index is 12.1. The van der Waals surface area contributed by atoms with Crippen LogP contribution in [0.1, 0.15) is 15.9 Å². The van der Waals surface area contributed by atoms with E-state index in [0.717, 1.165) is 11.3 Å². The van der Waals surface area contributed by atoms with Gasteiger partial charge in [-0.1, -0.05) is 6.07 Å². The fourth-order valence-electron chi connectivity index (χ4n) is 2.13. The first-order valence-electron chi connectivity index (χ1n) is 6.74. The van der Waals surface area contributed by atoms with Crippen molar-refractivity contribution in [3.05, 3.63) is 53.6 Å². The van der Waals surface area contributed by atoms with E-state index in [0.29, 0.717) is 22.8 Å². The smallest absolute Gasteiger partial charge is 0.251 e. The minimum Gasteiger partial charge on any atom is -0.454 e. The molecule has 2 aromatic rings. The van der Waals surface area contributed by atoms with Gasteiger partial charge < -0.3 is 14.8 Å². The molecule has 3 rings (SSSR count). The van der Waals surface area contributed by atoms with Gasteiger partial charge in [0.05, 0.1) is 0 Å². The zero-order valence-corrected chi connectivity index (χ0v) is 12.8. The lowest BCUT2D eigenvalue weighted by atomic mass is 10.2. The average Bonchev–Trinajstić information content (AvgIpc) is 3.00. The fourth-order valence-corrected chi connectivity index (χ4v) is 2.65. The Balaban J connectivity index is 1.63. The van der Waals surface area contributed by atoms with Crippen molar-refractivity contribution < 1.29 is 18.5 Å². The second kappa shape index (κ2) is 6.19. The molecule has 1 atom stereocenters. The van der Waals surface area contributed by atoms with Gasteiger partial charge in [-0.2, -0.15) is 0 Å². The molecule has 0 radical (unpaired) electrons. The van der Waals surface area contributed by atoms with Crippen molar-refractivity contribution in [3.63, 3.8) is 0 Å². The van der Waals surface area contributed by atoms with Crippen LogP contribution in [0.2, 0.25) is 0 Å². The van der Waals surface area contributed by atoms with Crippen LogP contribution >= 0.6 is 0 Å². The van der Waals surface area contributed by atoms with E-state index in [1.807, 2.05) is 18.2 Å². The molecule has 114 valence electrons. The molecule has 0 fully saturated rings. The van der Waals surface area contributed by atoms with Crippen LogP contribution in [0.5, 0.6) is 11.5 Å². The van der Waals surface area contributed by atoms with Crippen LogP contribution in [0.15, 0.2) is 47.4 Å². The molecule has 1 unspecified atom stereocenters. The highest BCUT2D eigenvalue weighted by Crippen LogP contribution is 2.32. The Morgan fingerprint density at radius 3 is 2.59 bits per heavy atom. The van der Waals surface area contributed by atoms with Crippen molar-refractivity contribution in [2.24, 2.45) is 0 Å². The summed E-state index contributed by atoms with van der Waals surface area (Å²) in [6, 6.07) is 12.3. The van der Waals surface area contributed by atoms with Crippen LogP contribution < -0.4 is 14.8 Å². The molecule has 5 nitrogen and oxygen atoms in total. The Hall–Kier alpha value is -2.34. The van der Waals surface area contributed by atoms with Crippen LogP contribution in [0, 0.1) is 0 Å². The molecule has 6 heteroatoms. The number of amides is 1. The molecule has 0 aromatic heterocycles. The Morgan fingerprint density at radius 2 is 1.86 bits per heavy atom. The Labute approximate surface area is 130 Å². The minimum absolute atomic E-state index is 0.175. The number of carbonyl (C=O) groups excluding carboxylic acids is 1. The molecular weight excluding hydrogens is 302 g/mol. The lowest BCUT2D eigenvalue weighted by Gasteiger charge is -2.07. The molecular formula is C16H15NO4S. The van der Waals surface area contributed by atoms with Crippen LogP contribution in [-0.4, -0.2) is 23.2 Å². The third-order valence-electron chi connectivity index (χ3n) is 3.34. The Kier molecular flexibility index (Phi) is 4.11. The number of ether oxygens (including phenoxy) is 2. The summed E-state index contributed by atoms with van der Waals surface area (Å²) in [6.45, 7) is 0.632. The van der Waals surface area contributed by atoms with Crippen molar-refractivity contribution >= 4 is 16.7 Å². The summed E-state index contributed by atoms with van der Waals surface area (Å²) < 4.78 is 21.9. The van der Waals surface area contributed by atoms with Gasteiger partial charge in [0.15, 0.2) is 11.5 Å². The van der Waals surface area contributed by atoms with Crippen LogP contribution in [0.25, 0.3) is 0 Å². The molecule has 0 aliphatic carbocycles. The first kappa shape index (κ1) is 14.6. The number of hydrogen-bond donors (Lipinski definition) is 1. The molecule has 0 saturated carbocycles. The minimum atomic E-state index is -1.04. The highest BCUT2D eigenvalue weighted by atomic mass is 32.2. The van der Waals surface area contributed by atoms with Gasteiger partial charge in [0.1, 0.15) is 0 Å². The van der Waals surface area contributed by atoms with Gasteiger partial charge in [0, 0.05) is 34.1 Å². The number of carbonyl (C=O) groups is 1. The van der Waals surface area contributed by atoms with E-state index < -0.39 is 10.8 Å². The average molecular weight is 317 g/mol. The van der Waals surface area contributed by atoms with E-state index in [9.17, 15) is 9.00 Å². The standard InChI is InChI=1S/C16H15NO4S/c1-22(19)13-5-3-12(4-6-13)16(18)17-9-11-2-7-14-15(8-11)21-10-20-14/h2-8H,9-10H2,1H3,(H,17,18). The summed E-state index contributed by atoms with van der Waals surface area (Å²) in [5, 5.41) is 2.84. The van der Waals surface area contributed by atoms with E-state index in [4.69, 9.17) is 9.47 Å². The summed E-state index contributed by atoms with van der Waals surface area (Å²) in [4.78, 5) is 12.8. The van der Waals surface area contributed by atoms with Crippen molar-refractivity contribution in [3.8, 4) is 11.5 Å². The van der Waals surface area contributed by atoms with Gasteiger partial charge in [-0.3, -0.25) is 9.00 Å². The second-order valence-electron chi connectivity index (χ2n) is 4.85. The maximum absolute atomic E-state index is 12.1. The van der Waals surface area contributed by atoms with Gasteiger partial charge in [-0.05, 0) is 42.0 Å². The molecule has 0 bridgehead atoms. The zero-order valence-electron chi connectivity index (χ0n) is 12.0. The molecule has 1 N–H and O–H groups in total. The predicted molar refractivity (Wildman–Crippen MR) is 82.5 cm³/mol. The monoisotopic (exact) mass is 317 g/mol. The highest BCUT2D eigenvalue weighted by Gasteiger charge is 2.13. The molecule has 1 aliphatic heterocycles. The molecule has 2 aromatic carbocycles. The molecule has 0 saturated heterocycles. The van der Waals surface area contributed by atoms with Gasteiger partial charge in [0.25, 0.3) is 5.91 Å². The lowest BCUT2D eigenvalue weighted by molar-refractivity contribution is 0.0950. The van der Waals surface area contributed by atoms with Crippen LogP contribution in [0.3, 0.4) is 0 Å². The van der Waals surface area contributed by atoms with Gasteiger partial charge in [-0.25, -0.2) is 0 Å². The number of nitrogens with one attached hydrogen (secondary N) is 1. The Morgan fingerprint density at radius 1 is 1.14 bits per heavy atom. The summed E-state index contributed by atoms with van der Waals surface area (Å²) in [7, 11) is -1.04. The second-order valence-corrected chi connectivity index (χ2v) is 6.23. The molecule has 1 heterocycles. The first-order chi connectivity index (χ1) is 10.6. The summed E-state index contributed by atoms with van der Waals surface area (Å²) in [5.74, 6) is 1.24. The number of fused-ring (bicyclic) bond motifs is 1. The molecule has 1 aliphatic rings. The summed E-state index contributed by atoms with van der Waals surface area (Å²) in [6.07, 6.45) is 1.61. The van der Waals surface area contributed by atoms with Crippen molar-refractivity contribution in [1.29, 1.82) is 0 Å². The SMILES string of the molecule is CS(=O)c1ccc(C(=O)NCc2ccc3c(c2)OCO3)cc1. The van der Waals surface area contributed by atoms with E-state index >= 15 is 0 Å². The van der Waals surface area contributed by atoms with E-state index in [-0.39, 0.29) is 12.7 Å². The van der Waals surface area contributed by atoms with Crippen molar-refractivity contribution in [2.45, 2.75) is 11.4 Å². The van der Waals surface area contributed by atoms with E-state index in [2.05, 4.69) is 5.32 Å². The van der Waals surface area contributed by atoms with E-state index in [1.54, 1.807) is 30.5 Å². The predicted octanol–water partition coefficient (Wildman–Crippen LogP) is 2.08. The third-order valence-corrected chi connectivity index (χ3v) is 4.27. The fraction of sp³-hybridized carbons (Fsp3) is 0.188.